The molecule has 5 heteroatoms. The van der Waals surface area contributed by atoms with Crippen molar-refractivity contribution in [2.24, 2.45) is 0 Å². The summed E-state index contributed by atoms with van der Waals surface area (Å²) in [6.07, 6.45) is 4.10. The average Bonchev–Trinajstić information content (AvgIpc) is 3.16. The fourth-order valence-electron chi connectivity index (χ4n) is 3.74. The number of hydrogen-bond donors (Lipinski definition) is 0. The molecule has 2 aliphatic rings. The van der Waals surface area contributed by atoms with E-state index in [-0.39, 0.29) is 0 Å². The number of rotatable bonds is 6. The summed E-state index contributed by atoms with van der Waals surface area (Å²) >= 11 is 0. The number of aromatic nitrogens is 1. The first-order valence-electron chi connectivity index (χ1n) is 9.48. The van der Waals surface area contributed by atoms with E-state index in [0.717, 1.165) is 64.5 Å². The maximum absolute atomic E-state index is 5.59. The van der Waals surface area contributed by atoms with E-state index in [2.05, 4.69) is 39.0 Å². The maximum Gasteiger partial charge on any atom is 0.212 e. The lowest BCUT2D eigenvalue weighted by Crippen LogP contribution is -2.46. The molecule has 0 atom stereocenters. The van der Waals surface area contributed by atoms with E-state index in [9.17, 15) is 0 Å². The number of ether oxygens (including phenoxy) is 2. The van der Waals surface area contributed by atoms with Crippen molar-refractivity contribution in [3.8, 4) is 11.6 Å². The largest absolute Gasteiger partial charge is 0.493 e. The Morgan fingerprint density at radius 2 is 1.85 bits per heavy atom. The molecule has 0 N–H and O–H groups in total. The van der Waals surface area contributed by atoms with Crippen molar-refractivity contribution in [1.29, 1.82) is 0 Å². The highest BCUT2D eigenvalue weighted by atomic mass is 16.5. The Balaban J connectivity index is 1.22. The monoisotopic (exact) mass is 353 g/mol. The maximum atomic E-state index is 5.59. The van der Waals surface area contributed by atoms with E-state index in [1.807, 2.05) is 12.3 Å². The van der Waals surface area contributed by atoms with Crippen LogP contribution in [0.25, 0.3) is 0 Å². The van der Waals surface area contributed by atoms with Crippen molar-refractivity contribution < 1.29 is 9.47 Å². The molecule has 2 aromatic rings. The number of piperazine rings is 1. The van der Waals surface area contributed by atoms with Crippen molar-refractivity contribution >= 4 is 0 Å². The molecule has 4 rings (SSSR count). The van der Waals surface area contributed by atoms with Gasteiger partial charge in [0.05, 0.1) is 13.7 Å². The lowest BCUT2D eigenvalue weighted by atomic mass is 10.1. The summed E-state index contributed by atoms with van der Waals surface area (Å²) in [5.41, 5.74) is 4.06. The third kappa shape index (κ3) is 4.17. The Morgan fingerprint density at radius 1 is 1.04 bits per heavy atom. The molecule has 1 saturated heterocycles. The number of fused-ring (bicyclic) bond motifs is 1. The number of benzene rings is 1. The zero-order chi connectivity index (χ0) is 17.8. The van der Waals surface area contributed by atoms with Crippen LogP contribution in [-0.2, 0) is 19.4 Å². The summed E-state index contributed by atoms with van der Waals surface area (Å²) in [5.74, 6) is 1.76. The van der Waals surface area contributed by atoms with Crippen LogP contribution >= 0.6 is 0 Å². The van der Waals surface area contributed by atoms with Crippen LogP contribution in [0.2, 0.25) is 0 Å². The van der Waals surface area contributed by atoms with Crippen molar-refractivity contribution in [3.05, 3.63) is 53.2 Å². The van der Waals surface area contributed by atoms with Gasteiger partial charge in [-0.15, -0.1) is 0 Å². The minimum absolute atomic E-state index is 0.677. The van der Waals surface area contributed by atoms with Crippen LogP contribution in [0.3, 0.4) is 0 Å². The Kier molecular flexibility index (Phi) is 5.37. The average molecular weight is 353 g/mol. The molecule has 5 nitrogen and oxygen atoms in total. The normalized spacial score (nSPS) is 17.7. The molecule has 0 amide bonds. The second-order valence-corrected chi connectivity index (χ2v) is 7.12. The molecule has 2 aliphatic heterocycles. The highest BCUT2D eigenvalue weighted by Crippen LogP contribution is 2.26. The Morgan fingerprint density at radius 3 is 2.62 bits per heavy atom. The molecule has 0 radical (unpaired) electrons. The lowest BCUT2D eigenvalue weighted by molar-refractivity contribution is 0.128. The predicted molar refractivity (Wildman–Crippen MR) is 102 cm³/mol. The Labute approximate surface area is 155 Å². The zero-order valence-electron chi connectivity index (χ0n) is 15.5. The van der Waals surface area contributed by atoms with Crippen LogP contribution in [-0.4, -0.2) is 61.2 Å². The van der Waals surface area contributed by atoms with Gasteiger partial charge in [0.25, 0.3) is 0 Å². The molecule has 1 aromatic heterocycles. The summed E-state index contributed by atoms with van der Waals surface area (Å²) in [4.78, 5) is 9.38. The van der Waals surface area contributed by atoms with Gasteiger partial charge >= 0.3 is 0 Å². The topological polar surface area (TPSA) is 37.8 Å². The molecule has 0 unspecified atom stereocenters. The van der Waals surface area contributed by atoms with Gasteiger partial charge in [0.1, 0.15) is 5.75 Å². The van der Waals surface area contributed by atoms with E-state index in [4.69, 9.17) is 9.47 Å². The quantitative estimate of drug-likeness (QED) is 0.797. The van der Waals surface area contributed by atoms with Crippen LogP contribution in [0, 0.1) is 0 Å². The fraction of sp³-hybridized carbons (Fsp3) is 0.476. The van der Waals surface area contributed by atoms with Crippen molar-refractivity contribution in [3.63, 3.8) is 0 Å². The van der Waals surface area contributed by atoms with Gasteiger partial charge in [-0.3, -0.25) is 4.90 Å². The zero-order valence-corrected chi connectivity index (χ0v) is 15.5. The SMILES string of the molecule is COc1ccc(CN2CCN(CCc3ccc4c(c3)CCO4)CC2)cn1. The van der Waals surface area contributed by atoms with Crippen molar-refractivity contribution in [2.75, 3.05) is 46.4 Å². The first-order chi connectivity index (χ1) is 12.8. The second kappa shape index (κ2) is 8.06. The first kappa shape index (κ1) is 17.3. The van der Waals surface area contributed by atoms with E-state index < -0.39 is 0 Å². The first-order valence-corrected chi connectivity index (χ1v) is 9.48. The van der Waals surface area contributed by atoms with Gasteiger partial charge in [-0.2, -0.15) is 0 Å². The van der Waals surface area contributed by atoms with Gasteiger partial charge in [-0.25, -0.2) is 4.98 Å². The van der Waals surface area contributed by atoms with Gasteiger partial charge in [-0.1, -0.05) is 18.2 Å². The number of nitrogens with zero attached hydrogens (tertiary/aromatic N) is 3. The van der Waals surface area contributed by atoms with Gasteiger partial charge in [0.2, 0.25) is 5.88 Å². The molecule has 1 fully saturated rings. The van der Waals surface area contributed by atoms with Crippen LogP contribution in [0.15, 0.2) is 36.5 Å². The van der Waals surface area contributed by atoms with Gasteiger partial charge in [0.15, 0.2) is 0 Å². The number of pyridine rings is 1. The molecule has 26 heavy (non-hydrogen) atoms. The lowest BCUT2D eigenvalue weighted by Gasteiger charge is -2.34. The summed E-state index contributed by atoms with van der Waals surface area (Å²) in [6.45, 7) is 7.45. The molecule has 0 bridgehead atoms. The molecular formula is C21H27N3O2. The molecule has 1 aromatic carbocycles. The smallest absolute Gasteiger partial charge is 0.212 e. The Bertz CT molecular complexity index is 725. The highest BCUT2D eigenvalue weighted by Gasteiger charge is 2.17. The summed E-state index contributed by atoms with van der Waals surface area (Å²) in [5, 5.41) is 0. The molecule has 138 valence electrons. The van der Waals surface area contributed by atoms with Crippen molar-refractivity contribution in [2.45, 2.75) is 19.4 Å². The van der Waals surface area contributed by atoms with E-state index in [1.165, 1.54) is 16.7 Å². The second-order valence-electron chi connectivity index (χ2n) is 7.12. The minimum atomic E-state index is 0.677. The highest BCUT2D eigenvalue weighted by molar-refractivity contribution is 5.39. The summed E-state index contributed by atoms with van der Waals surface area (Å²) in [6, 6.07) is 10.7. The number of hydrogen-bond acceptors (Lipinski definition) is 5. The number of methoxy groups -OCH3 is 1. The van der Waals surface area contributed by atoms with Gasteiger partial charge in [0, 0.05) is 58.0 Å². The third-order valence-corrected chi connectivity index (χ3v) is 5.35. The fourth-order valence-corrected chi connectivity index (χ4v) is 3.74. The molecule has 0 spiro atoms. The minimum Gasteiger partial charge on any atom is -0.493 e. The van der Waals surface area contributed by atoms with Crippen LogP contribution in [0.4, 0.5) is 0 Å². The summed E-state index contributed by atoms with van der Waals surface area (Å²) < 4.78 is 10.7. The third-order valence-electron chi connectivity index (χ3n) is 5.35. The van der Waals surface area contributed by atoms with Crippen LogP contribution < -0.4 is 9.47 Å². The molecule has 0 saturated carbocycles. The summed E-state index contributed by atoms with van der Waals surface area (Å²) in [7, 11) is 1.65. The Hall–Kier alpha value is -2.11. The van der Waals surface area contributed by atoms with Crippen LogP contribution in [0.5, 0.6) is 11.6 Å². The van der Waals surface area contributed by atoms with E-state index in [0.29, 0.717) is 5.88 Å². The van der Waals surface area contributed by atoms with Gasteiger partial charge < -0.3 is 14.4 Å². The molecule has 0 aliphatic carbocycles. The van der Waals surface area contributed by atoms with Crippen LogP contribution in [0.1, 0.15) is 16.7 Å². The standard InChI is InChI=1S/C21H27N3O2/c1-25-21-5-3-18(15-22-21)16-24-11-9-23(10-12-24)8-6-17-2-4-20-19(14-17)7-13-26-20/h2-5,14-15H,6-13,16H2,1H3. The predicted octanol–water partition coefficient (Wildman–Crippen LogP) is 2.39. The van der Waals surface area contributed by atoms with Crippen molar-refractivity contribution in [1.82, 2.24) is 14.8 Å². The van der Waals surface area contributed by atoms with Gasteiger partial charge in [-0.05, 0) is 29.2 Å². The van der Waals surface area contributed by atoms with E-state index >= 15 is 0 Å². The molecule has 3 heterocycles. The van der Waals surface area contributed by atoms with E-state index in [1.54, 1.807) is 7.11 Å². The molecular weight excluding hydrogens is 326 g/mol.